The lowest BCUT2D eigenvalue weighted by Gasteiger charge is -2.24. The van der Waals surface area contributed by atoms with Crippen LogP contribution in [-0.4, -0.2) is 5.71 Å². The maximum Gasteiger partial charge on any atom is 0.0302 e. The van der Waals surface area contributed by atoms with Crippen LogP contribution in [0.15, 0.2) is 41.1 Å². The Morgan fingerprint density at radius 3 is 1.67 bits per heavy atom. The van der Waals surface area contributed by atoms with E-state index in [1.54, 1.807) is 0 Å². The van der Waals surface area contributed by atoms with Crippen molar-refractivity contribution in [3.05, 3.63) is 36.1 Å². The average Bonchev–Trinajstić information content (AvgIpc) is 2.20. The zero-order valence-corrected chi connectivity index (χ0v) is 13.4. The molecule has 0 N–H and O–H groups in total. The van der Waals surface area contributed by atoms with E-state index in [2.05, 4.69) is 66.6 Å². The summed E-state index contributed by atoms with van der Waals surface area (Å²) in [4.78, 5) is 4.53. The fourth-order valence-electron chi connectivity index (χ4n) is 1.16. The van der Waals surface area contributed by atoms with Crippen molar-refractivity contribution in [1.29, 1.82) is 0 Å². The molecule has 0 amide bonds. The SMILES string of the molecule is C=C(C(=C)C(C)(C)C)/C(C)=C\N=C(C)C(C)(C)C. The molecule has 0 aromatic heterocycles. The van der Waals surface area contributed by atoms with E-state index in [0.717, 1.165) is 22.4 Å². The van der Waals surface area contributed by atoms with Crippen molar-refractivity contribution in [3.8, 4) is 0 Å². The quantitative estimate of drug-likeness (QED) is 0.457. The minimum Gasteiger partial charge on any atom is -0.265 e. The molecule has 18 heavy (non-hydrogen) atoms. The first-order chi connectivity index (χ1) is 7.87. The molecule has 0 fully saturated rings. The Balaban J connectivity index is 5.04. The Hall–Kier alpha value is -1.11. The van der Waals surface area contributed by atoms with Crippen molar-refractivity contribution in [2.75, 3.05) is 0 Å². The standard InChI is InChI=1S/C17H29N/c1-12(11-18-15(4)17(8,9)10)13(2)14(3)16(5,6)7/h11H,2-3H2,1,4-10H3/b12-11-,18-15?. The van der Waals surface area contributed by atoms with Crippen LogP contribution in [0.1, 0.15) is 55.4 Å². The molecular weight excluding hydrogens is 218 g/mol. The van der Waals surface area contributed by atoms with Gasteiger partial charge >= 0.3 is 0 Å². The number of aliphatic imine (C=N–C) groups is 1. The number of rotatable bonds is 3. The van der Waals surface area contributed by atoms with Gasteiger partial charge in [0.25, 0.3) is 0 Å². The highest BCUT2D eigenvalue weighted by Crippen LogP contribution is 2.32. The predicted molar refractivity (Wildman–Crippen MR) is 84.1 cm³/mol. The monoisotopic (exact) mass is 247 g/mol. The largest absolute Gasteiger partial charge is 0.265 e. The van der Waals surface area contributed by atoms with Crippen molar-refractivity contribution in [2.24, 2.45) is 15.8 Å². The van der Waals surface area contributed by atoms with E-state index in [4.69, 9.17) is 0 Å². The van der Waals surface area contributed by atoms with Gasteiger partial charge in [-0.05, 0) is 41.4 Å². The lowest BCUT2D eigenvalue weighted by Crippen LogP contribution is -2.16. The predicted octanol–water partition coefficient (Wildman–Crippen LogP) is 5.56. The Labute approximate surface area is 113 Å². The van der Waals surface area contributed by atoms with Gasteiger partial charge in [0.15, 0.2) is 0 Å². The molecule has 0 unspecified atom stereocenters. The Kier molecular flexibility index (Phi) is 5.34. The molecule has 0 aliphatic carbocycles. The first kappa shape index (κ1) is 16.9. The van der Waals surface area contributed by atoms with Crippen LogP contribution in [0.25, 0.3) is 0 Å². The first-order valence-electron chi connectivity index (χ1n) is 6.48. The number of hydrogen-bond acceptors (Lipinski definition) is 1. The molecule has 102 valence electrons. The first-order valence-corrected chi connectivity index (χ1v) is 6.48. The lowest BCUT2D eigenvalue weighted by molar-refractivity contribution is 0.514. The van der Waals surface area contributed by atoms with Crippen LogP contribution in [-0.2, 0) is 0 Å². The summed E-state index contributed by atoms with van der Waals surface area (Å²) >= 11 is 0. The molecule has 0 spiro atoms. The molecule has 1 nitrogen and oxygen atoms in total. The van der Waals surface area contributed by atoms with E-state index in [1.165, 1.54) is 0 Å². The summed E-state index contributed by atoms with van der Waals surface area (Å²) in [7, 11) is 0. The smallest absolute Gasteiger partial charge is 0.0302 e. The van der Waals surface area contributed by atoms with Crippen LogP contribution in [0.4, 0.5) is 0 Å². The molecule has 0 aliphatic rings. The molecule has 1 heteroatoms. The summed E-state index contributed by atoms with van der Waals surface area (Å²) in [6, 6.07) is 0. The second kappa shape index (κ2) is 5.69. The van der Waals surface area contributed by atoms with E-state index < -0.39 is 0 Å². The normalized spacial score (nSPS) is 14.7. The van der Waals surface area contributed by atoms with Gasteiger partial charge in [-0.15, -0.1) is 0 Å². The topological polar surface area (TPSA) is 12.4 Å². The van der Waals surface area contributed by atoms with Crippen LogP contribution in [0.3, 0.4) is 0 Å². The van der Waals surface area contributed by atoms with Crippen LogP contribution in [0, 0.1) is 10.8 Å². The third kappa shape index (κ3) is 5.03. The third-order valence-corrected chi connectivity index (χ3v) is 3.28. The summed E-state index contributed by atoms with van der Waals surface area (Å²) in [5, 5.41) is 0. The van der Waals surface area contributed by atoms with Gasteiger partial charge in [-0.1, -0.05) is 54.7 Å². The molecular formula is C17H29N. The highest BCUT2D eigenvalue weighted by Gasteiger charge is 2.18. The number of nitrogens with zero attached hydrogens (tertiary/aromatic N) is 1. The summed E-state index contributed by atoms with van der Waals surface area (Å²) in [5.74, 6) is 0. The van der Waals surface area contributed by atoms with Crippen LogP contribution in [0.2, 0.25) is 0 Å². The maximum absolute atomic E-state index is 4.53. The molecule has 0 saturated carbocycles. The molecule has 0 saturated heterocycles. The lowest BCUT2D eigenvalue weighted by atomic mass is 9.81. The zero-order chi connectivity index (χ0) is 14.7. The molecule has 0 bridgehead atoms. The van der Waals surface area contributed by atoms with Gasteiger partial charge in [0.05, 0.1) is 0 Å². The summed E-state index contributed by atoms with van der Waals surface area (Å²) in [5.41, 5.74) is 4.43. The van der Waals surface area contributed by atoms with Gasteiger partial charge < -0.3 is 0 Å². The van der Waals surface area contributed by atoms with Crippen LogP contribution in [0.5, 0.6) is 0 Å². The van der Waals surface area contributed by atoms with Crippen molar-refractivity contribution >= 4 is 5.71 Å². The van der Waals surface area contributed by atoms with Crippen LogP contribution >= 0.6 is 0 Å². The third-order valence-electron chi connectivity index (χ3n) is 3.28. The Morgan fingerprint density at radius 1 is 0.889 bits per heavy atom. The Morgan fingerprint density at radius 2 is 1.33 bits per heavy atom. The fraction of sp³-hybridized carbons (Fsp3) is 0.588. The van der Waals surface area contributed by atoms with E-state index in [1.807, 2.05) is 13.1 Å². The molecule has 0 aromatic rings. The van der Waals surface area contributed by atoms with Crippen LogP contribution < -0.4 is 0 Å². The maximum atomic E-state index is 4.53. The average molecular weight is 247 g/mol. The molecule has 0 aromatic carbocycles. The van der Waals surface area contributed by atoms with Crippen molar-refractivity contribution in [3.63, 3.8) is 0 Å². The summed E-state index contributed by atoms with van der Waals surface area (Å²) in [6.45, 7) is 25.3. The summed E-state index contributed by atoms with van der Waals surface area (Å²) in [6.07, 6.45) is 1.90. The summed E-state index contributed by atoms with van der Waals surface area (Å²) < 4.78 is 0. The number of allylic oxidation sites excluding steroid dienone is 3. The van der Waals surface area contributed by atoms with Gasteiger partial charge in [-0.25, -0.2) is 0 Å². The zero-order valence-electron chi connectivity index (χ0n) is 13.4. The van der Waals surface area contributed by atoms with Crippen molar-refractivity contribution in [2.45, 2.75) is 55.4 Å². The fourth-order valence-corrected chi connectivity index (χ4v) is 1.16. The highest BCUT2D eigenvalue weighted by molar-refractivity contribution is 5.87. The van der Waals surface area contributed by atoms with E-state index >= 15 is 0 Å². The highest BCUT2D eigenvalue weighted by atomic mass is 14.7. The van der Waals surface area contributed by atoms with Gasteiger partial charge in [0, 0.05) is 11.9 Å². The molecule has 0 rings (SSSR count). The molecule has 0 aliphatic heterocycles. The minimum absolute atomic E-state index is 0.0506. The van der Waals surface area contributed by atoms with Gasteiger partial charge in [-0.3, -0.25) is 4.99 Å². The second-order valence-electron chi connectivity index (χ2n) is 6.98. The van der Waals surface area contributed by atoms with Gasteiger partial charge in [-0.2, -0.15) is 0 Å². The molecule has 0 atom stereocenters. The van der Waals surface area contributed by atoms with Crippen molar-refractivity contribution in [1.82, 2.24) is 0 Å². The van der Waals surface area contributed by atoms with E-state index in [9.17, 15) is 0 Å². The van der Waals surface area contributed by atoms with Gasteiger partial charge in [0.1, 0.15) is 0 Å². The van der Waals surface area contributed by atoms with E-state index in [0.29, 0.717) is 0 Å². The number of hydrogen-bond donors (Lipinski definition) is 0. The second-order valence-corrected chi connectivity index (χ2v) is 6.98. The van der Waals surface area contributed by atoms with Crippen molar-refractivity contribution < 1.29 is 0 Å². The Bertz CT molecular complexity index is 392. The van der Waals surface area contributed by atoms with Gasteiger partial charge in [0.2, 0.25) is 0 Å². The van der Waals surface area contributed by atoms with E-state index in [-0.39, 0.29) is 10.8 Å². The molecule has 0 heterocycles. The molecule has 0 radical (unpaired) electrons. The minimum atomic E-state index is 0.0506.